The summed E-state index contributed by atoms with van der Waals surface area (Å²) in [4.78, 5) is 16.6. The summed E-state index contributed by atoms with van der Waals surface area (Å²) in [5, 5.41) is 4.55. The molecule has 118 valence electrons. The molecule has 1 aromatic heterocycles. The molecule has 2 rings (SSSR count). The van der Waals surface area contributed by atoms with Gasteiger partial charge in [0, 0.05) is 16.6 Å². The Labute approximate surface area is 129 Å². The molecule has 8 heteroatoms. The average molecular weight is 329 g/mol. The highest BCUT2D eigenvalue weighted by molar-refractivity contribution is 7.15. The van der Waals surface area contributed by atoms with Crippen LogP contribution in [0.4, 0.5) is 23.1 Å². The normalized spacial score (nSPS) is 12.3. The second-order valence-electron chi connectivity index (χ2n) is 4.83. The first-order valence-electron chi connectivity index (χ1n) is 6.49. The summed E-state index contributed by atoms with van der Waals surface area (Å²) in [6.45, 7) is 3.95. The van der Waals surface area contributed by atoms with Crippen molar-refractivity contribution in [2.75, 3.05) is 5.32 Å². The van der Waals surface area contributed by atoms with Crippen LogP contribution in [0.15, 0.2) is 24.4 Å². The zero-order chi connectivity index (χ0) is 16.3. The highest BCUT2D eigenvalue weighted by atomic mass is 32.1. The first-order valence-corrected chi connectivity index (χ1v) is 7.31. The minimum Gasteiger partial charge on any atom is -0.304 e. The van der Waals surface area contributed by atoms with Gasteiger partial charge in [0.2, 0.25) is 6.30 Å². The molecule has 0 bridgehead atoms. The average Bonchev–Trinajstić information content (AvgIpc) is 2.90. The van der Waals surface area contributed by atoms with Crippen LogP contribution < -0.4 is 10.6 Å². The topological polar surface area (TPSA) is 54.0 Å². The van der Waals surface area contributed by atoms with Crippen molar-refractivity contribution in [3.8, 4) is 0 Å². The van der Waals surface area contributed by atoms with Crippen LogP contribution in [0.25, 0.3) is 0 Å². The summed E-state index contributed by atoms with van der Waals surface area (Å²) in [6.07, 6.45) is -0.551. The van der Waals surface area contributed by atoms with Crippen molar-refractivity contribution < 1.29 is 18.0 Å². The Morgan fingerprint density at radius 3 is 2.68 bits per heavy atom. The molecule has 0 spiro atoms. The molecule has 0 aliphatic rings. The Hall–Kier alpha value is -2.09. The lowest BCUT2D eigenvalue weighted by molar-refractivity contribution is 0.226. The maximum atomic E-state index is 13.9. The predicted molar refractivity (Wildman–Crippen MR) is 78.6 cm³/mol. The van der Waals surface area contributed by atoms with Gasteiger partial charge in [0.25, 0.3) is 0 Å². The zero-order valence-corrected chi connectivity index (χ0v) is 12.7. The van der Waals surface area contributed by atoms with E-state index in [1.54, 1.807) is 6.20 Å². The van der Waals surface area contributed by atoms with E-state index in [9.17, 15) is 18.0 Å². The molecular weight excluding hydrogens is 315 g/mol. The van der Waals surface area contributed by atoms with Crippen molar-refractivity contribution in [1.29, 1.82) is 0 Å². The van der Waals surface area contributed by atoms with Crippen LogP contribution in [0.1, 0.15) is 36.5 Å². The minimum absolute atomic E-state index is 0.256. The monoisotopic (exact) mass is 329 g/mol. The summed E-state index contributed by atoms with van der Waals surface area (Å²) in [5.74, 6) is -2.25. The summed E-state index contributed by atoms with van der Waals surface area (Å²) < 4.78 is 40.3. The van der Waals surface area contributed by atoms with E-state index < -0.39 is 29.5 Å². The van der Waals surface area contributed by atoms with Crippen LogP contribution in [-0.2, 0) is 0 Å². The Morgan fingerprint density at radius 1 is 1.32 bits per heavy atom. The molecule has 4 nitrogen and oxygen atoms in total. The number of hydrogen-bond acceptors (Lipinski definition) is 3. The quantitative estimate of drug-likeness (QED) is 0.820. The third-order valence-electron chi connectivity index (χ3n) is 2.83. The lowest BCUT2D eigenvalue weighted by Gasteiger charge is -2.12. The van der Waals surface area contributed by atoms with Crippen LogP contribution in [0.2, 0.25) is 0 Å². The second-order valence-corrected chi connectivity index (χ2v) is 5.89. The molecule has 2 aromatic rings. The lowest BCUT2D eigenvalue weighted by atomic mass is 10.2. The van der Waals surface area contributed by atoms with E-state index in [1.807, 2.05) is 19.2 Å². The fraction of sp³-hybridized carbons (Fsp3) is 0.286. The molecule has 0 aliphatic carbocycles. The first-order chi connectivity index (χ1) is 10.4. The number of nitrogens with one attached hydrogen (secondary N) is 2. The number of aromatic nitrogens is 1. The van der Waals surface area contributed by atoms with Gasteiger partial charge in [-0.05, 0) is 12.0 Å². The van der Waals surface area contributed by atoms with E-state index in [0.717, 1.165) is 23.1 Å². The van der Waals surface area contributed by atoms with Gasteiger partial charge in [0.05, 0.1) is 0 Å². The van der Waals surface area contributed by atoms with Crippen molar-refractivity contribution in [3.05, 3.63) is 46.5 Å². The number of carbonyl (C=O) groups is 1. The van der Waals surface area contributed by atoms with Gasteiger partial charge in [-0.3, -0.25) is 5.32 Å². The third kappa shape index (κ3) is 3.76. The molecule has 22 heavy (non-hydrogen) atoms. The molecule has 0 saturated carbocycles. The standard InChI is InChI=1S/C14H14F3N3OS/c1-7(2)10-6-18-14(22-10)20-13(21)19-12(17)8-4-3-5-9(15)11(8)16/h3-7,12H,1-2H3,(H2,18,19,20,21). The number of nitrogens with zero attached hydrogens (tertiary/aromatic N) is 1. The Balaban J connectivity index is 2.00. The number of urea groups is 1. The van der Waals surface area contributed by atoms with Crippen LogP contribution in [0, 0.1) is 11.6 Å². The number of rotatable bonds is 4. The zero-order valence-electron chi connectivity index (χ0n) is 11.9. The summed E-state index contributed by atoms with van der Waals surface area (Å²) in [6, 6.07) is 2.20. The molecule has 0 fully saturated rings. The number of amides is 2. The maximum Gasteiger partial charge on any atom is 0.323 e. The van der Waals surface area contributed by atoms with Crippen molar-refractivity contribution in [3.63, 3.8) is 0 Å². The van der Waals surface area contributed by atoms with E-state index in [2.05, 4.69) is 10.3 Å². The highest BCUT2D eigenvalue weighted by Gasteiger charge is 2.20. The molecule has 0 aliphatic heterocycles. The SMILES string of the molecule is CC(C)c1cnc(NC(=O)NC(F)c2cccc(F)c2F)s1. The van der Waals surface area contributed by atoms with Gasteiger partial charge in [0.1, 0.15) is 0 Å². The molecule has 1 aromatic carbocycles. The molecule has 1 heterocycles. The van der Waals surface area contributed by atoms with Crippen molar-refractivity contribution in [2.24, 2.45) is 0 Å². The van der Waals surface area contributed by atoms with Crippen LogP contribution >= 0.6 is 11.3 Å². The summed E-state index contributed by atoms with van der Waals surface area (Å²) in [5.41, 5.74) is -0.572. The fourth-order valence-corrected chi connectivity index (χ4v) is 2.47. The lowest BCUT2D eigenvalue weighted by Crippen LogP contribution is -2.31. The largest absolute Gasteiger partial charge is 0.323 e. The van der Waals surface area contributed by atoms with E-state index in [1.165, 1.54) is 11.3 Å². The smallest absolute Gasteiger partial charge is 0.304 e. The van der Waals surface area contributed by atoms with Gasteiger partial charge >= 0.3 is 6.03 Å². The fourth-order valence-electron chi connectivity index (χ4n) is 1.65. The van der Waals surface area contributed by atoms with Gasteiger partial charge in [-0.2, -0.15) is 0 Å². The number of halogens is 3. The van der Waals surface area contributed by atoms with Gasteiger partial charge in [-0.15, -0.1) is 11.3 Å². The number of hydrogen-bond donors (Lipinski definition) is 2. The van der Waals surface area contributed by atoms with Gasteiger partial charge < -0.3 is 5.32 Å². The molecule has 2 amide bonds. The number of thiazole rings is 1. The maximum absolute atomic E-state index is 13.9. The Morgan fingerprint density at radius 2 is 2.05 bits per heavy atom. The van der Waals surface area contributed by atoms with Crippen LogP contribution in [-0.4, -0.2) is 11.0 Å². The van der Waals surface area contributed by atoms with E-state index in [-0.39, 0.29) is 5.92 Å². The van der Waals surface area contributed by atoms with E-state index in [0.29, 0.717) is 5.13 Å². The van der Waals surface area contributed by atoms with E-state index >= 15 is 0 Å². The summed E-state index contributed by atoms with van der Waals surface area (Å²) in [7, 11) is 0. The number of anilines is 1. The second kappa shape index (κ2) is 6.78. The minimum atomic E-state index is -2.17. The molecule has 1 atom stereocenters. The molecule has 0 saturated heterocycles. The van der Waals surface area contributed by atoms with E-state index in [4.69, 9.17) is 0 Å². The van der Waals surface area contributed by atoms with Crippen molar-refractivity contribution >= 4 is 22.5 Å². The Kier molecular flexibility index (Phi) is 5.02. The van der Waals surface area contributed by atoms with Crippen LogP contribution in [0.3, 0.4) is 0 Å². The van der Waals surface area contributed by atoms with Crippen molar-refractivity contribution in [2.45, 2.75) is 26.1 Å². The molecule has 2 N–H and O–H groups in total. The molecule has 0 radical (unpaired) electrons. The Bertz CT molecular complexity index is 675. The van der Waals surface area contributed by atoms with Gasteiger partial charge in [-0.1, -0.05) is 26.0 Å². The number of carbonyl (C=O) groups excluding carboxylic acids is 1. The van der Waals surface area contributed by atoms with Gasteiger partial charge in [-0.25, -0.2) is 22.9 Å². The summed E-state index contributed by atoms with van der Waals surface area (Å²) >= 11 is 1.26. The van der Waals surface area contributed by atoms with Crippen molar-refractivity contribution in [1.82, 2.24) is 10.3 Å². The molecular formula is C14H14F3N3OS. The first kappa shape index (κ1) is 16.3. The number of benzene rings is 1. The highest BCUT2D eigenvalue weighted by Crippen LogP contribution is 2.25. The third-order valence-corrected chi connectivity index (χ3v) is 4.04. The van der Waals surface area contributed by atoms with Crippen LogP contribution in [0.5, 0.6) is 0 Å². The predicted octanol–water partition coefficient (Wildman–Crippen LogP) is 4.33. The molecule has 1 unspecified atom stereocenters. The number of alkyl halides is 1. The van der Waals surface area contributed by atoms with Gasteiger partial charge in [0.15, 0.2) is 16.8 Å².